The maximum absolute atomic E-state index is 11.5. The zero-order chi connectivity index (χ0) is 19.8. The van der Waals surface area contributed by atoms with Crippen molar-refractivity contribution in [3.8, 4) is 0 Å². The SMILES string of the molecule is CN=C(NCCCNC(=O)OC(C)(C)C)NCc1ncc(C(C)(C)C)o1.I. The number of carbonyl (C=O) groups is 1. The number of rotatable bonds is 6. The van der Waals surface area contributed by atoms with Gasteiger partial charge in [0.05, 0.1) is 12.7 Å². The van der Waals surface area contributed by atoms with E-state index in [0.29, 0.717) is 31.5 Å². The van der Waals surface area contributed by atoms with Gasteiger partial charge in [-0.15, -0.1) is 24.0 Å². The molecular weight excluding hydrogens is 461 g/mol. The van der Waals surface area contributed by atoms with Crippen molar-refractivity contribution in [2.45, 2.75) is 65.5 Å². The predicted octanol–water partition coefficient (Wildman–Crippen LogP) is 3.17. The molecule has 156 valence electrons. The Hall–Kier alpha value is -1.52. The van der Waals surface area contributed by atoms with Crippen LogP contribution in [-0.2, 0) is 16.7 Å². The quantitative estimate of drug-likeness (QED) is 0.243. The Morgan fingerprint density at radius 2 is 1.78 bits per heavy atom. The van der Waals surface area contributed by atoms with Crippen LogP contribution in [0.5, 0.6) is 0 Å². The smallest absolute Gasteiger partial charge is 0.407 e. The first-order valence-corrected chi connectivity index (χ1v) is 8.88. The second-order valence-corrected chi connectivity index (χ2v) is 8.00. The van der Waals surface area contributed by atoms with E-state index in [2.05, 4.69) is 46.7 Å². The van der Waals surface area contributed by atoms with E-state index >= 15 is 0 Å². The fourth-order valence-electron chi connectivity index (χ4n) is 1.92. The molecule has 0 unspecified atom stereocenters. The average Bonchev–Trinajstić information content (AvgIpc) is 2.97. The molecule has 1 rings (SSSR count). The monoisotopic (exact) mass is 495 g/mol. The highest BCUT2D eigenvalue weighted by atomic mass is 127. The fraction of sp³-hybridized carbons (Fsp3) is 0.722. The normalized spacial score (nSPS) is 12.2. The van der Waals surface area contributed by atoms with E-state index in [1.807, 2.05) is 20.8 Å². The first-order valence-electron chi connectivity index (χ1n) is 8.88. The van der Waals surface area contributed by atoms with Crippen LogP contribution in [-0.4, -0.2) is 42.8 Å². The highest BCUT2D eigenvalue weighted by molar-refractivity contribution is 14.0. The molecule has 1 aromatic heterocycles. The Bertz CT molecular complexity index is 603. The molecule has 0 spiro atoms. The van der Waals surface area contributed by atoms with Gasteiger partial charge in [0.15, 0.2) is 5.96 Å². The molecule has 0 saturated heterocycles. The van der Waals surface area contributed by atoms with Crippen LogP contribution >= 0.6 is 24.0 Å². The molecule has 0 aliphatic rings. The zero-order valence-electron chi connectivity index (χ0n) is 17.4. The predicted molar refractivity (Wildman–Crippen MR) is 118 cm³/mol. The molecule has 0 atom stereocenters. The number of amides is 1. The van der Waals surface area contributed by atoms with E-state index in [0.717, 1.165) is 12.2 Å². The molecule has 0 aliphatic heterocycles. The van der Waals surface area contributed by atoms with Gasteiger partial charge in [-0.25, -0.2) is 9.78 Å². The Balaban J connectivity index is 0.00000676. The van der Waals surface area contributed by atoms with Crippen molar-refractivity contribution >= 4 is 36.0 Å². The van der Waals surface area contributed by atoms with Crippen LogP contribution in [0.4, 0.5) is 4.79 Å². The minimum Gasteiger partial charge on any atom is -0.444 e. The lowest BCUT2D eigenvalue weighted by atomic mass is 9.94. The van der Waals surface area contributed by atoms with Crippen molar-refractivity contribution in [3.05, 3.63) is 17.8 Å². The van der Waals surface area contributed by atoms with Crippen LogP contribution in [0.25, 0.3) is 0 Å². The van der Waals surface area contributed by atoms with E-state index in [-0.39, 0.29) is 29.4 Å². The minimum atomic E-state index is -0.485. The first-order chi connectivity index (χ1) is 12.0. The highest BCUT2D eigenvalue weighted by Crippen LogP contribution is 2.22. The third-order valence-corrected chi connectivity index (χ3v) is 3.24. The number of hydrogen-bond acceptors (Lipinski definition) is 5. The van der Waals surface area contributed by atoms with Crippen LogP contribution in [0.2, 0.25) is 0 Å². The number of ether oxygens (including phenoxy) is 1. The van der Waals surface area contributed by atoms with Crippen molar-refractivity contribution in [3.63, 3.8) is 0 Å². The lowest BCUT2D eigenvalue weighted by molar-refractivity contribution is 0.0527. The van der Waals surface area contributed by atoms with Crippen molar-refractivity contribution in [2.75, 3.05) is 20.1 Å². The summed E-state index contributed by atoms with van der Waals surface area (Å²) in [6.07, 6.45) is 2.10. The maximum atomic E-state index is 11.5. The van der Waals surface area contributed by atoms with Crippen LogP contribution in [0.3, 0.4) is 0 Å². The summed E-state index contributed by atoms with van der Waals surface area (Å²) in [5.74, 6) is 2.12. The Kier molecular flexibility index (Phi) is 10.7. The van der Waals surface area contributed by atoms with E-state index in [4.69, 9.17) is 9.15 Å². The summed E-state index contributed by atoms with van der Waals surface area (Å²) in [7, 11) is 1.70. The number of alkyl carbamates (subject to hydrolysis) is 1. The van der Waals surface area contributed by atoms with Crippen LogP contribution in [0, 0.1) is 0 Å². The molecule has 8 nitrogen and oxygen atoms in total. The van der Waals surface area contributed by atoms with Crippen LogP contribution in [0.15, 0.2) is 15.6 Å². The molecule has 0 fully saturated rings. The van der Waals surface area contributed by atoms with Gasteiger partial charge in [-0.05, 0) is 27.2 Å². The van der Waals surface area contributed by atoms with Crippen molar-refractivity contribution in [1.29, 1.82) is 0 Å². The third kappa shape index (κ3) is 11.0. The van der Waals surface area contributed by atoms with Crippen LogP contribution < -0.4 is 16.0 Å². The number of guanidine groups is 1. The number of carbonyl (C=O) groups excluding carboxylic acids is 1. The van der Waals surface area contributed by atoms with Gasteiger partial charge in [-0.1, -0.05) is 20.8 Å². The number of oxazole rings is 1. The molecule has 0 radical (unpaired) electrons. The number of hydrogen-bond donors (Lipinski definition) is 3. The zero-order valence-corrected chi connectivity index (χ0v) is 19.8. The Labute approximate surface area is 179 Å². The molecule has 1 aromatic rings. The van der Waals surface area contributed by atoms with Gasteiger partial charge in [0.1, 0.15) is 11.4 Å². The first kappa shape index (κ1) is 25.5. The summed E-state index contributed by atoms with van der Waals surface area (Å²) in [4.78, 5) is 20.0. The van der Waals surface area contributed by atoms with E-state index in [9.17, 15) is 4.79 Å². The second kappa shape index (κ2) is 11.4. The van der Waals surface area contributed by atoms with Crippen molar-refractivity contribution < 1.29 is 13.9 Å². The summed E-state index contributed by atoms with van der Waals surface area (Å²) in [5.41, 5.74) is -0.548. The average molecular weight is 495 g/mol. The van der Waals surface area contributed by atoms with Gasteiger partial charge in [0.2, 0.25) is 5.89 Å². The molecule has 1 amide bonds. The van der Waals surface area contributed by atoms with Gasteiger partial charge in [-0.2, -0.15) is 0 Å². The number of aliphatic imine (C=N–C) groups is 1. The lowest BCUT2D eigenvalue weighted by Gasteiger charge is -2.19. The van der Waals surface area contributed by atoms with E-state index in [1.54, 1.807) is 13.2 Å². The molecule has 0 saturated carbocycles. The summed E-state index contributed by atoms with van der Waals surface area (Å²) in [6.45, 7) is 13.4. The number of aromatic nitrogens is 1. The largest absolute Gasteiger partial charge is 0.444 e. The summed E-state index contributed by atoms with van der Waals surface area (Å²) < 4.78 is 10.9. The fourth-order valence-corrected chi connectivity index (χ4v) is 1.92. The van der Waals surface area contributed by atoms with Gasteiger partial charge in [0, 0.05) is 25.6 Å². The summed E-state index contributed by atoms with van der Waals surface area (Å²) in [5, 5.41) is 9.05. The van der Waals surface area contributed by atoms with Crippen LogP contribution in [0.1, 0.15) is 59.6 Å². The molecule has 1 heterocycles. The molecule has 3 N–H and O–H groups in total. The highest BCUT2D eigenvalue weighted by Gasteiger charge is 2.19. The molecule has 9 heteroatoms. The lowest BCUT2D eigenvalue weighted by Crippen LogP contribution is -2.39. The Morgan fingerprint density at radius 1 is 1.15 bits per heavy atom. The Morgan fingerprint density at radius 3 is 2.30 bits per heavy atom. The summed E-state index contributed by atoms with van der Waals surface area (Å²) in [6, 6.07) is 0. The third-order valence-electron chi connectivity index (χ3n) is 3.24. The molecular formula is C18H34IN5O3. The standard InChI is InChI=1S/C18H33N5O3.HI/c1-17(2,3)13-11-22-14(25-13)12-23-15(19-7)20-9-8-10-21-16(24)26-18(4,5)6;/h11H,8-10,12H2,1-7H3,(H,21,24)(H2,19,20,23);1H. The van der Waals surface area contributed by atoms with Gasteiger partial charge < -0.3 is 25.1 Å². The van der Waals surface area contributed by atoms with Crippen molar-refractivity contribution in [1.82, 2.24) is 20.9 Å². The van der Waals surface area contributed by atoms with Gasteiger partial charge in [0.25, 0.3) is 0 Å². The maximum Gasteiger partial charge on any atom is 0.407 e. The number of nitrogens with one attached hydrogen (secondary N) is 3. The second-order valence-electron chi connectivity index (χ2n) is 8.00. The summed E-state index contributed by atoms with van der Waals surface area (Å²) >= 11 is 0. The molecule has 0 aliphatic carbocycles. The topological polar surface area (TPSA) is 101 Å². The molecule has 0 aromatic carbocycles. The van der Waals surface area contributed by atoms with Gasteiger partial charge in [-0.3, -0.25) is 4.99 Å². The molecule has 27 heavy (non-hydrogen) atoms. The van der Waals surface area contributed by atoms with E-state index in [1.165, 1.54) is 0 Å². The van der Waals surface area contributed by atoms with E-state index < -0.39 is 11.7 Å². The molecule has 0 bridgehead atoms. The number of nitrogens with zero attached hydrogens (tertiary/aromatic N) is 2. The van der Waals surface area contributed by atoms with Gasteiger partial charge >= 0.3 is 6.09 Å². The number of halogens is 1. The minimum absolute atomic E-state index is 0. The van der Waals surface area contributed by atoms with Crippen molar-refractivity contribution in [2.24, 2.45) is 4.99 Å².